The van der Waals surface area contributed by atoms with Crippen molar-refractivity contribution in [3.05, 3.63) is 111 Å². The van der Waals surface area contributed by atoms with Crippen LogP contribution in [0.1, 0.15) is 33.2 Å². The number of fused-ring (bicyclic) bond motifs is 2. The van der Waals surface area contributed by atoms with Crippen LogP contribution >= 0.6 is 11.6 Å². The molecule has 3 aromatic carbocycles. The van der Waals surface area contributed by atoms with E-state index in [1.165, 1.54) is 16.8 Å². The number of hydrogen-bond donors (Lipinski definition) is 3. The van der Waals surface area contributed by atoms with Crippen LogP contribution in [0.15, 0.2) is 77.7 Å². The van der Waals surface area contributed by atoms with Gasteiger partial charge < -0.3 is 20.9 Å². The Morgan fingerprint density at radius 3 is 2.51 bits per heavy atom. The maximum atomic E-state index is 14.3. The smallest absolute Gasteiger partial charge is 0.368 e. The summed E-state index contributed by atoms with van der Waals surface area (Å²) in [5.74, 6) is -0.357. The molecule has 13 heteroatoms. The Bertz CT molecular complexity index is 2090. The third kappa shape index (κ3) is 5.90. The SMILES string of the molecule is Cc1ccc(-c2cc3cnc(Nc4ccc(N5CCNCC5)c(C(F)(F)F)c4)nc3n(C3Cc4ccccc4C(=O)N3)c2=O)c(Cl)c1. The summed E-state index contributed by atoms with van der Waals surface area (Å²) < 4.78 is 44.0. The Labute approximate surface area is 272 Å². The number of hydrogen-bond acceptors (Lipinski definition) is 7. The van der Waals surface area contributed by atoms with Crippen LogP contribution in [0, 0.1) is 6.92 Å². The molecule has 2 aliphatic heterocycles. The quantitative estimate of drug-likeness (QED) is 0.210. The number of rotatable bonds is 5. The number of carbonyl (C=O) groups is 1. The molecule has 240 valence electrons. The van der Waals surface area contributed by atoms with Crippen molar-refractivity contribution in [2.45, 2.75) is 25.7 Å². The third-order valence-electron chi connectivity index (χ3n) is 8.49. The Morgan fingerprint density at radius 1 is 0.957 bits per heavy atom. The lowest BCUT2D eigenvalue weighted by Crippen LogP contribution is -2.44. The van der Waals surface area contributed by atoms with Crippen molar-refractivity contribution in [1.29, 1.82) is 0 Å². The van der Waals surface area contributed by atoms with Crippen molar-refractivity contribution in [3.8, 4) is 11.1 Å². The highest BCUT2D eigenvalue weighted by molar-refractivity contribution is 6.33. The molecule has 1 unspecified atom stereocenters. The monoisotopic (exact) mass is 659 g/mol. The molecule has 0 bridgehead atoms. The first-order valence-corrected chi connectivity index (χ1v) is 15.5. The predicted octanol–water partition coefficient (Wildman–Crippen LogP) is 6.08. The molecule has 1 saturated heterocycles. The number of halogens is 4. The standard InChI is InChI=1S/C34H29ClF3N7O2/c1-19-6-8-24(27(35)14-19)25-15-21-18-40-33(41-22-7-9-28(26(17-22)34(36,37)38)44-12-10-39-11-13-44)43-30(21)45(32(25)47)29-16-20-4-2-3-5-23(20)31(46)42-29/h2-9,14-15,17-18,29,39H,10-13,16H2,1H3,(H,42,46)(H,40,41,43). The van der Waals surface area contributed by atoms with Crippen LogP contribution in [0.3, 0.4) is 0 Å². The molecule has 5 aromatic rings. The van der Waals surface area contributed by atoms with Gasteiger partial charge in [0.15, 0.2) is 0 Å². The second kappa shape index (κ2) is 12.0. The van der Waals surface area contributed by atoms with Crippen LogP contribution in [0.25, 0.3) is 22.2 Å². The van der Waals surface area contributed by atoms with Crippen molar-refractivity contribution in [1.82, 2.24) is 25.2 Å². The largest absolute Gasteiger partial charge is 0.418 e. The molecule has 0 spiro atoms. The molecule has 1 fully saturated rings. The van der Waals surface area contributed by atoms with Crippen molar-refractivity contribution >= 4 is 45.9 Å². The highest BCUT2D eigenvalue weighted by Crippen LogP contribution is 2.39. The van der Waals surface area contributed by atoms with E-state index in [-0.39, 0.29) is 28.9 Å². The molecule has 2 aliphatic rings. The average molecular weight is 660 g/mol. The van der Waals surface area contributed by atoms with Crippen LogP contribution in [-0.2, 0) is 12.6 Å². The van der Waals surface area contributed by atoms with Crippen molar-refractivity contribution in [2.24, 2.45) is 0 Å². The fraction of sp³-hybridized carbons (Fsp3) is 0.235. The molecule has 1 atom stereocenters. The second-order valence-corrected chi connectivity index (χ2v) is 12.0. The molecule has 47 heavy (non-hydrogen) atoms. The fourth-order valence-electron chi connectivity index (χ4n) is 6.22. The first-order valence-electron chi connectivity index (χ1n) is 15.1. The van der Waals surface area contributed by atoms with Gasteiger partial charge in [-0.25, -0.2) is 4.98 Å². The van der Waals surface area contributed by atoms with Crippen molar-refractivity contribution in [2.75, 3.05) is 36.4 Å². The number of nitrogens with one attached hydrogen (secondary N) is 3. The minimum Gasteiger partial charge on any atom is -0.368 e. The number of carbonyl (C=O) groups excluding carboxylic acids is 1. The number of amides is 1. The van der Waals surface area contributed by atoms with E-state index < -0.39 is 23.5 Å². The molecule has 1 amide bonds. The van der Waals surface area contributed by atoms with Crippen molar-refractivity contribution in [3.63, 3.8) is 0 Å². The fourth-order valence-corrected chi connectivity index (χ4v) is 6.55. The summed E-state index contributed by atoms with van der Waals surface area (Å²) in [6.07, 6.45) is -3.61. The van der Waals surface area contributed by atoms with Gasteiger partial charge >= 0.3 is 6.18 Å². The predicted molar refractivity (Wildman–Crippen MR) is 175 cm³/mol. The van der Waals surface area contributed by atoms with Gasteiger partial charge in [-0.3, -0.25) is 14.2 Å². The average Bonchev–Trinajstić information content (AvgIpc) is 3.05. The second-order valence-electron chi connectivity index (χ2n) is 11.6. The zero-order valence-corrected chi connectivity index (χ0v) is 25.9. The van der Waals surface area contributed by atoms with Crippen LogP contribution in [0.2, 0.25) is 5.02 Å². The van der Waals surface area contributed by atoms with Gasteiger partial charge in [-0.15, -0.1) is 0 Å². The molecular weight excluding hydrogens is 631 g/mol. The summed E-state index contributed by atoms with van der Waals surface area (Å²) in [5, 5.41) is 9.84. The van der Waals surface area contributed by atoms with E-state index >= 15 is 0 Å². The summed E-state index contributed by atoms with van der Waals surface area (Å²) in [7, 11) is 0. The van der Waals surface area contributed by atoms with E-state index in [9.17, 15) is 22.8 Å². The van der Waals surface area contributed by atoms with Gasteiger partial charge in [0, 0.05) is 77.3 Å². The molecule has 7 rings (SSSR count). The molecule has 0 aliphatic carbocycles. The van der Waals surface area contributed by atoms with Gasteiger partial charge in [0.2, 0.25) is 5.95 Å². The van der Waals surface area contributed by atoms with Crippen LogP contribution in [0.5, 0.6) is 0 Å². The first kappa shape index (κ1) is 30.7. The van der Waals surface area contributed by atoms with Gasteiger partial charge in [0.25, 0.3) is 11.5 Å². The molecule has 2 aromatic heterocycles. The molecule has 0 radical (unpaired) electrons. The van der Waals surface area contributed by atoms with E-state index in [0.29, 0.717) is 59.7 Å². The van der Waals surface area contributed by atoms with Gasteiger partial charge in [-0.2, -0.15) is 18.2 Å². The van der Waals surface area contributed by atoms with E-state index in [4.69, 9.17) is 11.6 Å². The number of alkyl halides is 3. The Hall–Kier alpha value is -4.94. The molecule has 0 saturated carbocycles. The van der Waals surface area contributed by atoms with Gasteiger partial charge in [0.1, 0.15) is 11.8 Å². The van der Waals surface area contributed by atoms with E-state index in [2.05, 4.69) is 25.9 Å². The maximum absolute atomic E-state index is 14.3. The highest BCUT2D eigenvalue weighted by atomic mass is 35.5. The van der Waals surface area contributed by atoms with E-state index in [1.807, 2.05) is 25.1 Å². The van der Waals surface area contributed by atoms with Gasteiger partial charge in [-0.05, 0) is 54.4 Å². The highest BCUT2D eigenvalue weighted by Gasteiger charge is 2.36. The zero-order chi connectivity index (χ0) is 32.9. The van der Waals surface area contributed by atoms with E-state index in [1.54, 1.807) is 41.3 Å². The first-order chi connectivity index (χ1) is 22.6. The summed E-state index contributed by atoms with van der Waals surface area (Å²) in [4.78, 5) is 38.1. The number of nitrogens with zero attached hydrogens (tertiary/aromatic N) is 4. The van der Waals surface area contributed by atoms with Gasteiger partial charge in [-0.1, -0.05) is 41.9 Å². The molecular formula is C34H29ClF3N7O2. The van der Waals surface area contributed by atoms with Crippen LogP contribution in [0.4, 0.5) is 30.5 Å². The summed E-state index contributed by atoms with van der Waals surface area (Å²) in [6.45, 7) is 3.99. The van der Waals surface area contributed by atoms with Crippen LogP contribution in [-0.4, -0.2) is 46.6 Å². The molecule has 9 nitrogen and oxygen atoms in total. The number of piperazine rings is 1. The minimum atomic E-state index is -4.59. The lowest BCUT2D eigenvalue weighted by atomic mass is 9.98. The number of aromatic nitrogens is 3. The van der Waals surface area contributed by atoms with Crippen LogP contribution < -0.4 is 26.4 Å². The summed E-state index contributed by atoms with van der Waals surface area (Å²) in [5.41, 5.74) is 2.20. The lowest BCUT2D eigenvalue weighted by Gasteiger charge is -2.31. The summed E-state index contributed by atoms with van der Waals surface area (Å²) in [6, 6.07) is 18.2. The number of anilines is 3. The number of pyridine rings is 1. The van der Waals surface area contributed by atoms with Gasteiger partial charge in [0.05, 0.1) is 5.56 Å². The maximum Gasteiger partial charge on any atom is 0.418 e. The third-order valence-corrected chi connectivity index (χ3v) is 8.80. The Kier molecular flexibility index (Phi) is 7.85. The topological polar surface area (TPSA) is 104 Å². The number of benzene rings is 3. The zero-order valence-electron chi connectivity index (χ0n) is 25.2. The number of aryl methyl sites for hydroxylation is 1. The molecule has 4 heterocycles. The molecule has 3 N–H and O–H groups in total. The lowest BCUT2D eigenvalue weighted by molar-refractivity contribution is -0.137. The Morgan fingerprint density at radius 2 is 1.74 bits per heavy atom. The van der Waals surface area contributed by atoms with Crippen molar-refractivity contribution < 1.29 is 18.0 Å². The summed E-state index contributed by atoms with van der Waals surface area (Å²) >= 11 is 6.59. The Balaban J connectivity index is 1.34. The van der Waals surface area contributed by atoms with E-state index in [0.717, 1.165) is 17.2 Å². The normalized spacial score (nSPS) is 16.6. The minimum absolute atomic E-state index is 0.0163.